The van der Waals surface area contributed by atoms with E-state index >= 15 is 0 Å². The molecule has 5 nitrogen and oxygen atoms in total. The van der Waals surface area contributed by atoms with E-state index in [0.29, 0.717) is 11.7 Å². The maximum atomic E-state index is 5.71. The van der Waals surface area contributed by atoms with E-state index in [1.54, 1.807) is 0 Å². The third-order valence-electron chi connectivity index (χ3n) is 2.55. The van der Waals surface area contributed by atoms with E-state index in [1.165, 1.54) is 37.0 Å². The molecule has 0 fully saturated rings. The lowest BCUT2D eigenvalue weighted by Crippen LogP contribution is -2.07. The summed E-state index contributed by atoms with van der Waals surface area (Å²) in [6.45, 7) is 4.85. The van der Waals surface area contributed by atoms with Gasteiger partial charge >= 0.3 is 0 Å². The van der Waals surface area contributed by atoms with E-state index in [2.05, 4.69) is 29.5 Å². The summed E-state index contributed by atoms with van der Waals surface area (Å²) in [6.07, 6.45) is 6.51. The first-order valence-corrected chi connectivity index (χ1v) is 6.98. The number of hydrogen-bond donors (Lipinski definition) is 2. The molecule has 0 amide bonds. The minimum Gasteiger partial charge on any atom is -0.371 e. The molecule has 1 aromatic heterocycles. The highest BCUT2D eigenvalue weighted by molar-refractivity contribution is 7.15. The van der Waals surface area contributed by atoms with Gasteiger partial charge in [0.15, 0.2) is 0 Å². The fraction of sp³-hybridized carbons (Fsp3) is 0.818. The molecule has 1 atom stereocenters. The van der Waals surface area contributed by atoms with E-state index in [9.17, 15) is 0 Å². The van der Waals surface area contributed by atoms with Gasteiger partial charge in [0.05, 0.1) is 6.10 Å². The zero-order chi connectivity index (χ0) is 12.5. The van der Waals surface area contributed by atoms with Crippen molar-refractivity contribution in [2.75, 3.05) is 5.43 Å². The van der Waals surface area contributed by atoms with Gasteiger partial charge in [-0.2, -0.15) is 0 Å². The Balaban J connectivity index is 2.12. The number of nitrogens with two attached hydrogens (primary N) is 1. The Morgan fingerprint density at radius 2 is 2.18 bits per heavy atom. The molecule has 3 N–H and O–H groups in total. The van der Waals surface area contributed by atoms with Gasteiger partial charge in [-0.3, -0.25) is 5.43 Å². The van der Waals surface area contributed by atoms with Crippen molar-refractivity contribution >= 4 is 16.5 Å². The first-order chi connectivity index (χ1) is 8.26. The normalized spacial score (nSPS) is 12.6. The summed E-state index contributed by atoms with van der Waals surface area (Å²) in [5.74, 6) is 5.23. The monoisotopic (exact) mass is 258 g/mol. The molecule has 98 valence electrons. The van der Waals surface area contributed by atoms with Crippen LogP contribution in [-0.4, -0.2) is 16.3 Å². The molecule has 0 radical (unpaired) electrons. The number of unbranched alkanes of at least 4 members (excludes halogenated alkanes) is 3. The van der Waals surface area contributed by atoms with Gasteiger partial charge in [0.2, 0.25) is 5.13 Å². The van der Waals surface area contributed by atoms with Crippen molar-refractivity contribution in [2.45, 2.75) is 58.7 Å². The molecule has 1 heterocycles. The molecule has 0 saturated heterocycles. The zero-order valence-electron chi connectivity index (χ0n) is 10.6. The molecule has 0 bridgehead atoms. The number of rotatable bonds is 9. The molecular formula is C11H22N4OS. The number of nitrogen functional groups attached to an aromatic ring is 1. The Morgan fingerprint density at radius 3 is 2.82 bits per heavy atom. The highest BCUT2D eigenvalue weighted by Gasteiger charge is 2.06. The van der Waals surface area contributed by atoms with Crippen LogP contribution in [0.3, 0.4) is 0 Å². The largest absolute Gasteiger partial charge is 0.371 e. The van der Waals surface area contributed by atoms with Crippen LogP contribution in [0, 0.1) is 0 Å². The van der Waals surface area contributed by atoms with Crippen molar-refractivity contribution < 1.29 is 4.74 Å². The van der Waals surface area contributed by atoms with Crippen molar-refractivity contribution in [1.29, 1.82) is 0 Å². The zero-order valence-corrected chi connectivity index (χ0v) is 11.4. The molecule has 1 rings (SSSR count). The second-order valence-electron chi connectivity index (χ2n) is 4.12. The summed E-state index contributed by atoms with van der Waals surface area (Å²) in [4.78, 5) is 0. The molecular weight excluding hydrogens is 236 g/mol. The minimum atomic E-state index is 0.282. The molecule has 6 heteroatoms. The Morgan fingerprint density at radius 1 is 1.35 bits per heavy atom. The van der Waals surface area contributed by atoms with Crippen LogP contribution >= 0.6 is 11.3 Å². The van der Waals surface area contributed by atoms with Crippen LogP contribution in [-0.2, 0) is 11.3 Å². The van der Waals surface area contributed by atoms with Gasteiger partial charge in [0.1, 0.15) is 11.6 Å². The average molecular weight is 258 g/mol. The Bertz CT molecular complexity index is 305. The number of nitrogens with zero attached hydrogens (tertiary/aromatic N) is 2. The van der Waals surface area contributed by atoms with E-state index < -0.39 is 0 Å². The average Bonchev–Trinajstić information content (AvgIpc) is 2.80. The molecule has 0 aliphatic heterocycles. The van der Waals surface area contributed by atoms with Crippen LogP contribution in [0.4, 0.5) is 5.13 Å². The maximum Gasteiger partial charge on any atom is 0.219 e. The summed E-state index contributed by atoms with van der Waals surface area (Å²) in [5, 5.41) is 9.31. The lowest BCUT2D eigenvalue weighted by molar-refractivity contribution is 0.0455. The van der Waals surface area contributed by atoms with Gasteiger partial charge < -0.3 is 4.74 Å². The second kappa shape index (κ2) is 8.38. The van der Waals surface area contributed by atoms with Crippen molar-refractivity contribution in [1.82, 2.24) is 10.2 Å². The Labute approximate surface area is 107 Å². The van der Waals surface area contributed by atoms with Crippen molar-refractivity contribution in [3.05, 3.63) is 5.01 Å². The highest BCUT2D eigenvalue weighted by atomic mass is 32.1. The first-order valence-electron chi connectivity index (χ1n) is 6.16. The quantitative estimate of drug-likeness (QED) is 0.405. The van der Waals surface area contributed by atoms with Crippen LogP contribution in [0.15, 0.2) is 0 Å². The van der Waals surface area contributed by atoms with Crippen LogP contribution in [0.5, 0.6) is 0 Å². The third-order valence-corrected chi connectivity index (χ3v) is 3.37. The summed E-state index contributed by atoms with van der Waals surface area (Å²) in [7, 11) is 0. The Kier molecular flexibility index (Phi) is 7.07. The number of aromatic nitrogens is 2. The van der Waals surface area contributed by atoms with Crippen LogP contribution in [0.25, 0.3) is 0 Å². The molecule has 0 aliphatic carbocycles. The summed E-state index contributed by atoms with van der Waals surface area (Å²) >= 11 is 1.42. The van der Waals surface area contributed by atoms with Crippen LogP contribution in [0.1, 0.15) is 51.0 Å². The van der Waals surface area contributed by atoms with Crippen molar-refractivity contribution in [3.8, 4) is 0 Å². The fourth-order valence-electron chi connectivity index (χ4n) is 1.53. The van der Waals surface area contributed by atoms with Crippen molar-refractivity contribution in [3.63, 3.8) is 0 Å². The first kappa shape index (κ1) is 14.3. The minimum absolute atomic E-state index is 0.282. The smallest absolute Gasteiger partial charge is 0.219 e. The summed E-state index contributed by atoms with van der Waals surface area (Å²) < 4.78 is 5.71. The molecule has 0 saturated carbocycles. The van der Waals surface area contributed by atoms with E-state index in [1.807, 2.05) is 0 Å². The predicted molar refractivity (Wildman–Crippen MR) is 70.7 cm³/mol. The third kappa shape index (κ3) is 5.95. The van der Waals surface area contributed by atoms with Gasteiger partial charge in [0.25, 0.3) is 0 Å². The van der Waals surface area contributed by atoms with Gasteiger partial charge in [-0.05, 0) is 13.3 Å². The van der Waals surface area contributed by atoms with Gasteiger partial charge in [0, 0.05) is 0 Å². The van der Waals surface area contributed by atoms with Gasteiger partial charge in [-0.1, -0.05) is 43.9 Å². The van der Waals surface area contributed by atoms with Crippen molar-refractivity contribution in [2.24, 2.45) is 5.84 Å². The maximum absolute atomic E-state index is 5.71. The molecule has 0 aromatic carbocycles. The predicted octanol–water partition coefficient (Wildman–Crippen LogP) is 2.70. The van der Waals surface area contributed by atoms with E-state index in [0.717, 1.165) is 11.4 Å². The van der Waals surface area contributed by atoms with E-state index in [4.69, 9.17) is 10.6 Å². The number of ether oxygens (including phenoxy) is 1. The van der Waals surface area contributed by atoms with E-state index in [-0.39, 0.29) is 6.10 Å². The molecule has 0 aliphatic rings. The van der Waals surface area contributed by atoms with Crippen LogP contribution < -0.4 is 11.3 Å². The lowest BCUT2D eigenvalue weighted by Gasteiger charge is -2.11. The molecule has 1 unspecified atom stereocenters. The SMILES string of the molecule is CCCCCCC(C)OCc1nnc(NN)s1. The molecule has 17 heavy (non-hydrogen) atoms. The van der Waals surface area contributed by atoms with Gasteiger partial charge in [-0.15, -0.1) is 10.2 Å². The molecule has 1 aromatic rings. The number of hydrogen-bond acceptors (Lipinski definition) is 6. The standard InChI is InChI=1S/C11H22N4OS/c1-3-4-5-6-7-9(2)16-8-10-14-15-11(13-12)17-10/h9H,3-8,12H2,1-2H3,(H,13,15). The summed E-state index contributed by atoms with van der Waals surface area (Å²) in [6, 6.07) is 0. The summed E-state index contributed by atoms with van der Waals surface area (Å²) in [5.41, 5.74) is 2.47. The second-order valence-corrected chi connectivity index (χ2v) is 5.18. The number of anilines is 1. The van der Waals surface area contributed by atoms with Crippen LogP contribution in [0.2, 0.25) is 0 Å². The number of nitrogens with one attached hydrogen (secondary N) is 1. The number of hydrazine groups is 1. The Hall–Kier alpha value is -0.720. The topological polar surface area (TPSA) is 73.1 Å². The lowest BCUT2D eigenvalue weighted by atomic mass is 10.1. The molecule has 0 spiro atoms. The highest BCUT2D eigenvalue weighted by Crippen LogP contribution is 2.16. The fourth-order valence-corrected chi connectivity index (χ4v) is 2.10. The van der Waals surface area contributed by atoms with Gasteiger partial charge in [-0.25, -0.2) is 5.84 Å².